The molecular weight excluding hydrogens is 290 g/mol. The number of carbonyl (C=O) groups excluding carboxylic acids is 1. The molecule has 0 spiro atoms. The van der Waals surface area contributed by atoms with Gasteiger partial charge in [0.05, 0.1) is 17.9 Å². The summed E-state index contributed by atoms with van der Waals surface area (Å²) in [5.41, 5.74) is 3.01. The van der Waals surface area contributed by atoms with Crippen molar-refractivity contribution in [1.82, 2.24) is 0 Å². The average Bonchev–Trinajstić information content (AvgIpc) is 3.02. The number of ether oxygens (including phenoxy) is 1. The molecule has 23 heavy (non-hydrogen) atoms. The van der Waals surface area contributed by atoms with Crippen LogP contribution < -0.4 is 4.74 Å². The molecule has 0 bridgehead atoms. The molecular formula is C19H13NO3. The molecule has 4 heteroatoms. The van der Waals surface area contributed by atoms with Crippen LogP contribution in [0.2, 0.25) is 0 Å². The molecule has 112 valence electrons. The summed E-state index contributed by atoms with van der Waals surface area (Å²) in [5, 5.41) is 8.81. The number of esters is 1. The molecule has 0 atom stereocenters. The number of hydrogen-bond donors (Lipinski definition) is 0. The molecule has 0 radical (unpaired) electrons. The van der Waals surface area contributed by atoms with Crippen LogP contribution in [0.5, 0.6) is 5.75 Å². The molecule has 1 heterocycles. The first-order valence-electron chi connectivity index (χ1n) is 7.04. The third-order valence-corrected chi connectivity index (χ3v) is 3.49. The van der Waals surface area contributed by atoms with Crippen LogP contribution in [0.15, 0.2) is 65.3 Å². The SMILES string of the molecule is Cc1occc1C(=O)Oc1ccc(-c2ccc(C#N)cc2)cc1. The van der Waals surface area contributed by atoms with E-state index in [9.17, 15) is 4.79 Å². The predicted octanol–water partition coefficient (Wildman–Crippen LogP) is 4.35. The Balaban J connectivity index is 1.75. The molecule has 0 saturated carbocycles. The van der Waals surface area contributed by atoms with Gasteiger partial charge >= 0.3 is 5.97 Å². The fraction of sp³-hybridized carbons (Fsp3) is 0.0526. The number of furan rings is 1. The molecule has 3 rings (SSSR count). The lowest BCUT2D eigenvalue weighted by Crippen LogP contribution is -2.08. The highest BCUT2D eigenvalue weighted by molar-refractivity contribution is 5.92. The van der Waals surface area contributed by atoms with Gasteiger partial charge < -0.3 is 9.15 Å². The highest BCUT2D eigenvalue weighted by Crippen LogP contribution is 2.23. The first-order chi connectivity index (χ1) is 11.2. The van der Waals surface area contributed by atoms with E-state index in [1.54, 1.807) is 37.3 Å². The largest absolute Gasteiger partial charge is 0.469 e. The lowest BCUT2D eigenvalue weighted by Gasteiger charge is -2.06. The summed E-state index contributed by atoms with van der Waals surface area (Å²) >= 11 is 0. The molecule has 0 fully saturated rings. The van der Waals surface area contributed by atoms with E-state index in [0.29, 0.717) is 22.6 Å². The van der Waals surface area contributed by atoms with Crippen molar-refractivity contribution in [3.63, 3.8) is 0 Å². The molecule has 0 amide bonds. The fourth-order valence-corrected chi connectivity index (χ4v) is 2.21. The molecule has 2 aromatic carbocycles. The van der Waals surface area contributed by atoms with Gasteiger partial charge in [0.1, 0.15) is 17.1 Å². The third kappa shape index (κ3) is 3.14. The maximum atomic E-state index is 12.0. The van der Waals surface area contributed by atoms with Crippen molar-refractivity contribution in [3.8, 4) is 22.9 Å². The van der Waals surface area contributed by atoms with Gasteiger partial charge in [-0.3, -0.25) is 0 Å². The highest BCUT2D eigenvalue weighted by atomic mass is 16.5. The Morgan fingerprint density at radius 3 is 2.13 bits per heavy atom. The molecule has 0 aliphatic rings. The molecule has 0 aliphatic carbocycles. The second-order valence-corrected chi connectivity index (χ2v) is 4.99. The van der Waals surface area contributed by atoms with Gasteiger partial charge in [0.2, 0.25) is 0 Å². The zero-order chi connectivity index (χ0) is 16.2. The van der Waals surface area contributed by atoms with Gasteiger partial charge in [-0.2, -0.15) is 5.26 Å². The smallest absolute Gasteiger partial charge is 0.347 e. The summed E-state index contributed by atoms with van der Waals surface area (Å²) < 4.78 is 10.4. The molecule has 0 aliphatic heterocycles. The number of hydrogen-bond acceptors (Lipinski definition) is 4. The summed E-state index contributed by atoms with van der Waals surface area (Å²) in [7, 11) is 0. The van der Waals surface area contributed by atoms with E-state index in [1.807, 2.05) is 24.3 Å². The number of benzene rings is 2. The third-order valence-electron chi connectivity index (χ3n) is 3.49. The Labute approximate surface area is 133 Å². The number of nitrogens with zero attached hydrogens (tertiary/aromatic N) is 1. The van der Waals surface area contributed by atoms with E-state index < -0.39 is 5.97 Å². The van der Waals surface area contributed by atoms with E-state index in [-0.39, 0.29) is 0 Å². The second-order valence-electron chi connectivity index (χ2n) is 4.99. The quantitative estimate of drug-likeness (QED) is 0.533. The van der Waals surface area contributed by atoms with Crippen LogP contribution >= 0.6 is 0 Å². The maximum absolute atomic E-state index is 12.0. The van der Waals surface area contributed by atoms with Gasteiger partial charge in [0.15, 0.2) is 0 Å². The number of rotatable bonds is 3. The summed E-state index contributed by atoms with van der Waals surface area (Å²) in [6, 6.07) is 18.2. The van der Waals surface area contributed by atoms with Gasteiger partial charge in [0, 0.05) is 0 Å². The van der Waals surface area contributed by atoms with Gasteiger partial charge in [-0.1, -0.05) is 24.3 Å². The van der Waals surface area contributed by atoms with E-state index in [4.69, 9.17) is 14.4 Å². The van der Waals surface area contributed by atoms with Crippen LogP contribution in [0.1, 0.15) is 21.7 Å². The van der Waals surface area contributed by atoms with E-state index in [2.05, 4.69) is 6.07 Å². The Bertz CT molecular complexity index is 868. The minimum atomic E-state index is -0.442. The van der Waals surface area contributed by atoms with E-state index in [0.717, 1.165) is 11.1 Å². The Morgan fingerprint density at radius 2 is 1.61 bits per heavy atom. The van der Waals surface area contributed by atoms with Gasteiger partial charge in [-0.15, -0.1) is 0 Å². The highest BCUT2D eigenvalue weighted by Gasteiger charge is 2.13. The molecule has 1 aromatic heterocycles. The predicted molar refractivity (Wildman–Crippen MR) is 85.0 cm³/mol. The van der Waals surface area contributed by atoms with Crippen LogP contribution in [0, 0.1) is 18.3 Å². The van der Waals surface area contributed by atoms with E-state index >= 15 is 0 Å². The number of carbonyl (C=O) groups is 1. The van der Waals surface area contributed by atoms with Crippen molar-refractivity contribution in [2.24, 2.45) is 0 Å². The fourth-order valence-electron chi connectivity index (χ4n) is 2.21. The van der Waals surface area contributed by atoms with Gasteiger partial charge in [0.25, 0.3) is 0 Å². The minimum absolute atomic E-state index is 0.418. The molecule has 0 unspecified atom stereocenters. The molecule has 0 saturated heterocycles. The van der Waals surface area contributed by atoms with Crippen molar-refractivity contribution in [3.05, 3.63) is 77.7 Å². The Morgan fingerprint density at radius 1 is 1.00 bits per heavy atom. The van der Waals surface area contributed by atoms with Crippen LogP contribution in [0.4, 0.5) is 0 Å². The standard InChI is InChI=1S/C19H13NO3/c1-13-18(10-11-22-13)19(21)23-17-8-6-16(7-9-17)15-4-2-14(12-20)3-5-15/h2-11H,1H3. The van der Waals surface area contributed by atoms with E-state index in [1.165, 1.54) is 6.26 Å². The number of nitriles is 1. The second kappa shape index (κ2) is 6.20. The molecule has 0 N–H and O–H groups in total. The Hall–Kier alpha value is -3.32. The zero-order valence-corrected chi connectivity index (χ0v) is 12.4. The maximum Gasteiger partial charge on any atom is 0.347 e. The molecule has 3 aromatic rings. The lowest BCUT2D eigenvalue weighted by molar-refractivity contribution is 0.0733. The normalized spacial score (nSPS) is 10.1. The minimum Gasteiger partial charge on any atom is -0.469 e. The average molecular weight is 303 g/mol. The summed E-state index contributed by atoms with van der Waals surface area (Å²) in [4.78, 5) is 12.0. The first-order valence-corrected chi connectivity index (χ1v) is 7.04. The topological polar surface area (TPSA) is 63.2 Å². The summed E-state index contributed by atoms with van der Waals surface area (Å²) in [6.07, 6.45) is 1.46. The van der Waals surface area contributed by atoms with Crippen molar-refractivity contribution in [2.45, 2.75) is 6.92 Å². The van der Waals surface area contributed by atoms with Gasteiger partial charge in [-0.25, -0.2) is 4.79 Å². The first kappa shape index (κ1) is 14.6. The molecule has 4 nitrogen and oxygen atoms in total. The van der Waals surface area contributed by atoms with Crippen LogP contribution in [0.3, 0.4) is 0 Å². The lowest BCUT2D eigenvalue weighted by atomic mass is 10.0. The van der Waals surface area contributed by atoms with Crippen molar-refractivity contribution in [2.75, 3.05) is 0 Å². The number of aryl methyl sites for hydroxylation is 1. The Kier molecular flexibility index (Phi) is 3.94. The van der Waals surface area contributed by atoms with Crippen molar-refractivity contribution >= 4 is 5.97 Å². The summed E-state index contributed by atoms with van der Waals surface area (Å²) in [6.45, 7) is 1.71. The summed E-state index contributed by atoms with van der Waals surface area (Å²) in [5.74, 6) is 0.555. The van der Waals surface area contributed by atoms with Crippen molar-refractivity contribution < 1.29 is 13.9 Å². The van der Waals surface area contributed by atoms with Crippen LogP contribution in [0.25, 0.3) is 11.1 Å². The monoisotopic (exact) mass is 303 g/mol. The zero-order valence-electron chi connectivity index (χ0n) is 12.4. The van der Waals surface area contributed by atoms with Gasteiger partial charge in [-0.05, 0) is 48.4 Å². The van der Waals surface area contributed by atoms with Crippen molar-refractivity contribution in [1.29, 1.82) is 5.26 Å². The van der Waals surface area contributed by atoms with Crippen LogP contribution in [-0.2, 0) is 0 Å². The van der Waals surface area contributed by atoms with Crippen LogP contribution in [-0.4, -0.2) is 5.97 Å².